The number of hydrogen-bond donors (Lipinski definition) is 0. The fourth-order valence-electron chi connectivity index (χ4n) is 1.20. The van der Waals surface area contributed by atoms with Gasteiger partial charge in [-0.15, -0.1) is 0 Å². The van der Waals surface area contributed by atoms with Crippen molar-refractivity contribution in [3.63, 3.8) is 0 Å². The largest absolute Gasteiger partial charge is 0.600 e. The van der Waals surface area contributed by atoms with Gasteiger partial charge in [-0.2, -0.15) is 0 Å². The van der Waals surface area contributed by atoms with E-state index < -0.39 is 12.1 Å². The summed E-state index contributed by atoms with van der Waals surface area (Å²) in [5, 5.41) is 15.2. The van der Waals surface area contributed by atoms with Crippen molar-refractivity contribution in [1.29, 1.82) is 0 Å². The third-order valence-corrected chi connectivity index (χ3v) is 1.76. The lowest BCUT2D eigenvalue weighted by Crippen LogP contribution is -2.22. The molecule has 0 aromatic heterocycles. The van der Waals surface area contributed by atoms with Crippen molar-refractivity contribution in [1.82, 2.24) is 0 Å². The maximum absolute atomic E-state index is 11.4. The van der Waals surface area contributed by atoms with Crippen molar-refractivity contribution < 1.29 is 14.4 Å². The molecule has 0 aliphatic carbocycles. The molecular formula is C11H14N2O3. The summed E-state index contributed by atoms with van der Waals surface area (Å²) >= 11 is 0. The second kappa shape index (κ2) is 5.85. The van der Waals surface area contributed by atoms with E-state index in [4.69, 9.17) is 4.74 Å². The van der Waals surface area contributed by atoms with Crippen molar-refractivity contribution >= 4 is 11.7 Å². The molecule has 5 nitrogen and oxygen atoms in total. The highest BCUT2D eigenvalue weighted by atomic mass is 16.6. The number of rotatable bonds is 4. The van der Waals surface area contributed by atoms with E-state index in [1.54, 1.807) is 31.2 Å². The van der Waals surface area contributed by atoms with E-state index >= 15 is 0 Å². The Balaban J connectivity index is 2.55. The maximum atomic E-state index is 11.4. The van der Waals surface area contributed by atoms with Gasteiger partial charge in [0.05, 0.1) is 0 Å². The summed E-state index contributed by atoms with van der Waals surface area (Å²) in [6.07, 6.45) is -0.470. The molecule has 0 fully saturated rings. The second-order valence-electron chi connectivity index (χ2n) is 3.39. The fourth-order valence-corrected chi connectivity index (χ4v) is 1.20. The SMILES string of the molecule is CC(=O)OC(C)C/[N+]([O-])=N/c1ccccc1. The Morgan fingerprint density at radius 2 is 2.12 bits per heavy atom. The molecule has 0 N–H and O–H groups in total. The first-order chi connectivity index (χ1) is 7.58. The Bertz CT molecular complexity index is 376. The predicted octanol–water partition coefficient (Wildman–Crippen LogP) is 2.23. The number of carbonyl (C=O) groups is 1. The lowest BCUT2D eigenvalue weighted by Gasteiger charge is -2.09. The molecule has 0 saturated heterocycles. The summed E-state index contributed by atoms with van der Waals surface area (Å²) in [6.45, 7) is 2.97. The van der Waals surface area contributed by atoms with Crippen molar-refractivity contribution in [2.45, 2.75) is 20.0 Å². The van der Waals surface area contributed by atoms with Gasteiger partial charge in [0.1, 0.15) is 5.69 Å². The van der Waals surface area contributed by atoms with Crippen LogP contribution in [0, 0.1) is 5.21 Å². The molecule has 1 rings (SSSR count). The van der Waals surface area contributed by atoms with Gasteiger partial charge in [0, 0.05) is 12.0 Å². The summed E-state index contributed by atoms with van der Waals surface area (Å²) in [6, 6.07) is 8.88. The van der Waals surface area contributed by atoms with Gasteiger partial charge in [-0.05, 0) is 19.1 Å². The van der Waals surface area contributed by atoms with Crippen LogP contribution in [0.3, 0.4) is 0 Å². The van der Waals surface area contributed by atoms with Crippen LogP contribution in [-0.2, 0) is 9.53 Å². The Morgan fingerprint density at radius 1 is 1.50 bits per heavy atom. The molecular weight excluding hydrogens is 208 g/mol. The number of ether oxygens (including phenoxy) is 1. The van der Waals surface area contributed by atoms with Gasteiger partial charge in [-0.25, -0.2) is 0 Å². The van der Waals surface area contributed by atoms with Gasteiger partial charge >= 0.3 is 5.97 Å². The van der Waals surface area contributed by atoms with Crippen molar-refractivity contribution in [3.05, 3.63) is 35.5 Å². The zero-order valence-electron chi connectivity index (χ0n) is 9.29. The normalized spacial score (nSPS) is 13.2. The monoisotopic (exact) mass is 222 g/mol. The molecule has 0 heterocycles. The fraction of sp³-hybridized carbons (Fsp3) is 0.364. The molecule has 0 radical (unpaired) electrons. The summed E-state index contributed by atoms with van der Waals surface area (Å²) < 4.78 is 4.82. The van der Waals surface area contributed by atoms with E-state index in [0.717, 1.165) is 0 Å². The minimum absolute atomic E-state index is 0.0223. The van der Waals surface area contributed by atoms with Crippen LogP contribution in [0.25, 0.3) is 0 Å². The number of nitrogens with zero attached hydrogens (tertiary/aromatic N) is 2. The molecule has 0 spiro atoms. The Kier molecular flexibility index (Phi) is 4.44. The predicted molar refractivity (Wildman–Crippen MR) is 58.3 cm³/mol. The summed E-state index contributed by atoms with van der Waals surface area (Å²) in [5.41, 5.74) is 0.576. The lowest BCUT2D eigenvalue weighted by molar-refractivity contribution is -0.532. The molecule has 1 aromatic rings. The van der Waals surface area contributed by atoms with Crippen LogP contribution >= 0.6 is 0 Å². The molecule has 16 heavy (non-hydrogen) atoms. The van der Waals surface area contributed by atoms with E-state index in [1.807, 2.05) is 6.07 Å². The molecule has 86 valence electrons. The zero-order chi connectivity index (χ0) is 12.0. The van der Waals surface area contributed by atoms with E-state index in [2.05, 4.69) is 5.11 Å². The van der Waals surface area contributed by atoms with Crippen LogP contribution in [0.4, 0.5) is 5.69 Å². The molecule has 0 bridgehead atoms. The van der Waals surface area contributed by atoms with Crippen LogP contribution < -0.4 is 0 Å². The van der Waals surface area contributed by atoms with Crippen molar-refractivity contribution in [2.24, 2.45) is 5.11 Å². The topological polar surface area (TPSA) is 64.7 Å². The van der Waals surface area contributed by atoms with Crippen LogP contribution in [-0.4, -0.2) is 23.5 Å². The van der Waals surface area contributed by atoms with Gasteiger partial charge in [0.25, 0.3) is 0 Å². The third-order valence-electron chi connectivity index (χ3n) is 1.76. The van der Waals surface area contributed by atoms with Crippen LogP contribution in [0.2, 0.25) is 0 Å². The smallest absolute Gasteiger partial charge is 0.303 e. The number of esters is 1. The van der Waals surface area contributed by atoms with Gasteiger partial charge in [-0.3, -0.25) is 4.79 Å². The molecule has 5 heteroatoms. The van der Waals surface area contributed by atoms with Gasteiger partial charge < -0.3 is 9.94 Å². The first kappa shape index (κ1) is 12.2. The Labute approximate surface area is 93.9 Å². The van der Waals surface area contributed by atoms with E-state index in [9.17, 15) is 10.0 Å². The first-order valence-electron chi connectivity index (χ1n) is 4.96. The summed E-state index contributed by atoms with van der Waals surface area (Å²) in [5.74, 6) is -0.402. The first-order valence-corrected chi connectivity index (χ1v) is 4.96. The van der Waals surface area contributed by atoms with E-state index in [1.165, 1.54) is 6.92 Å². The highest BCUT2D eigenvalue weighted by molar-refractivity contribution is 5.66. The van der Waals surface area contributed by atoms with E-state index in [0.29, 0.717) is 10.5 Å². The van der Waals surface area contributed by atoms with Crippen LogP contribution in [0.5, 0.6) is 0 Å². The highest BCUT2D eigenvalue weighted by Crippen LogP contribution is 2.10. The zero-order valence-corrected chi connectivity index (χ0v) is 9.29. The summed E-state index contributed by atoms with van der Waals surface area (Å²) in [4.78, 5) is 11.1. The second-order valence-corrected chi connectivity index (χ2v) is 3.39. The minimum Gasteiger partial charge on any atom is -0.600 e. The average molecular weight is 222 g/mol. The Morgan fingerprint density at radius 3 is 2.69 bits per heavy atom. The van der Waals surface area contributed by atoms with Crippen molar-refractivity contribution in [2.75, 3.05) is 6.54 Å². The molecule has 0 aliphatic rings. The van der Waals surface area contributed by atoms with Gasteiger partial charge in [0.15, 0.2) is 6.10 Å². The Hall–Kier alpha value is -1.91. The quantitative estimate of drug-likeness (QED) is 0.339. The van der Waals surface area contributed by atoms with Gasteiger partial charge in [0.2, 0.25) is 6.54 Å². The standard InChI is InChI=1S/C11H14N2O3/c1-9(16-10(2)14)8-13(15)12-11-6-4-3-5-7-11/h3-7,9H,8H2,1-2H3/b13-12-. The number of carbonyl (C=O) groups excluding carboxylic acids is 1. The van der Waals surface area contributed by atoms with Crippen LogP contribution in [0.15, 0.2) is 35.4 Å². The number of azo groups is 1. The lowest BCUT2D eigenvalue weighted by atomic mass is 10.3. The third kappa shape index (κ3) is 4.54. The molecule has 0 amide bonds. The number of hydrogen-bond acceptors (Lipinski definition) is 4. The molecule has 1 unspecified atom stereocenters. The molecule has 0 saturated carbocycles. The highest BCUT2D eigenvalue weighted by Gasteiger charge is 2.10. The van der Waals surface area contributed by atoms with Crippen molar-refractivity contribution in [3.8, 4) is 0 Å². The number of hydroxylamine groups is 1. The molecule has 1 aromatic carbocycles. The minimum atomic E-state index is -0.470. The average Bonchev–Trinajstić information content (AvgIpc) is 2.17. The maximum Gasteiger partial charge on any atom is 0.303 e. The van der Waals surface area contributed by atoms with Crippen LogP contribution in [0.1, 0.15) is 13.8 Å². The van der Waals surface area contributed by atoms with E-state index in [-0.39, 0.29) is 6.54 Å². The molecule has 0 aliphatic heterocycles. The molecule has 1 atom stereocenters. The number of benzene rings is 1. The summed E-state index contributed by atoms with van der Waals surface area (Å²) in [7, 11) is 0. The van der Waals surface area contributed by atoms with Gasteiger partial charge in [-0.1, -0.05) is 23.1 Å².